The van der Waals surface area contributed by atoms with Crippen molar-refractivity contribution in [1.82, 2.24) is 0 Å². The minimum atomic E-state index is -0.355. The molecule has 0 saturated carbocycles. The summed E-state index contributed by atoms with van der Waals surface area (Å²) < 4.78 is 13.1. The average molecular weight is 197 g/mol. The summed E-state index contributed by atoms with van der Waals surface area (Å²) in [6, 6.07) is 2.27. The molecular formula is C11H16FNO. The number of aryl methyl sites for hydroxylation is 1. The molecule has 3 N–H and O–H groups in total. The van der Waals surface area contributed by atoms with Crippen LogP contribution >= 0.6 is 0 Å². The van der Waals surface area contributed by atoms with Crippen LogP contribution in [0.25, 0.3) is 0 Å². The standard InChI is InChI=1S/C11H16FNO/c1-6(2)10(13)9-5-8(12)4-7(3)11(9)14/h4-6,10,14H,13H2,1-3H3/t10-/m1/s1. The van der Waals surface area contributed by atoms with Crippen molar-refractivity contribution >= 4 is 0 Å². The maximum absolute atomic E-state index is 13.1. The molecule has 0 amide bonds. The Morgan fingerprint density at radius 1 is 1.36 bits per heavy atom. The summed E-state index contributed by atoms with van der Waals surface area (Å²) in [7, 11) is 0. The van der Waals surface area contributed by atoms with Crippen molar-refractivity contribution < 1.29 is 9.50 Å². The largest absolute Gasteiger partial charge is 0.507 e. The van der Waals surface area contributed by atoms with Gasteiger partial charge in [-0.15, -0.1) is 0 Å². The minimum Gasteiger partial charge on any atom is -0.507 e. The van der Waals surface area contributed by atoms with Gasteiger partial charge in [0.15, 0.2) is 0 Å². The second kappa shape index (κ2) is 3.96. The van der Waals surface area contributed by atoms with E-state index in [1.807, 2.05) is 13.8 Å². The van der Waals surface area contributed by atoms with Crippen molar-refractivity contribution in [3.63, 3.8) is 0 Å². The fraction of sp³-hybridized carbons (Fsp3) is 0.455. The lowest BCUT2D eigenvalue weighted by Crippen LogP contribution is -2.17. The van der Waals surface area contributed by atoms with Crippen LogP contribution in [0.5, 0.6) is 5.75 Å². The second-order valence-electron chi connectivity index (χ2n) is 3.93. The number of nitrogens with two attached hydrogens (primary N) is 1. The zero-order chi connectivity index (χ0) is 10.9. The van der Waals surface area contributed by atoms with E-state index in [1.165, 1.54) is 12.1 Å². The van der Waals surface area contributed by atoms with Crippen LogP contribution in [0, 0.1) is 18.7 Å². The maximum atomic E-state index is 13.1. The molecule has 0 fully saturated rings. The first-order chi connectivity index (χ1) is 6.43. The molecule has 0 saturated heterocycles. The van der Waals surface area contributed by atoms with E-state index < -0.39 is 0 Å². The highest BCUT2D eigenvalue weighted by atomic mass is 19.1. The van der Waals surface area contributed by atoms with Crippen LogP contribution in [0.15, 0.2) is 12.1 Å². The predicted molar refractivity (Wildman–Crippen MR) is 54.6 cm³/mol. The molecule has 1 aromatic carbocycles. The number of hydrogen-bond acceptors (Lipinski definition) is 2. The van der Waals surface area contributed by atoms with Gasteiger partial charge >= 0.3 is 0 Å². The van der Waals surface area contributed by atoms with Crippen molar-refractivity contribution in [2.75, 3.05) is 0 Å². The number of rotatable bonds is 2. The van der Waals surface area contributed by atoms with E-state index in [-0.39, 0.29) is 23.5 Å². The van der Waals surface area contributed by atoms with Crippen LogP contribution in [0.4, 0.5) is 4.39 Å². The summed E-state index contributed by atoms with van der Waals surface area (Å²) in [5, 5.41) is 9.69. The first kappa shape index (κ1) is 11.0. The molecule has 3 heteroatoms. The number of phenols is 1. The van der Waals surface area contributed by atoms with E-state index in [0.29, 0.717) is 11.1 Å². The van der Waals surface area contributed by atoms with Crippen molar-refractivity contribution in [3.8, 4) is 5.75 Å². The molecule has 1 aromatic rings. The fourth-order valence-electron chi connectivity index (χ4n) is 1.37. The number of halogens is 1. The number of phenolic OH excluding ortho intramolecular Hbond substituents is 1. The summed E-state index contributed by atoms with van der Waals surface area (Å²) in [5.74, 6) is -0.0823. The van der Waals surface area contributed by atoms with Crippen LogP contribution in [-0.2, 0) is 0 Å². The molecule has 0 aliphatic carbocycles. The second-order valence-corrected chi connectivity index (χ2v) is 3.93. The monoisotopic (exact) mass is 197 g/mol. The summed E-state index contributed by atoms with van der Waals surface area (Å²) in [6.45, 7) is 5.53. The predicted octanol–water partition coefficient (Wildman–Crippen LogP) is 2.50. The van der Waals surface area contributed by atoms with Gasteiger partial charge in [-0.25, -0.2) is 4.39 Å². The van der Waals surface area contributed by atoms with Gasteiger partial charge in [0.1, 0.15) is 11.6 Å². The van der Waals surface area contributed by atoms with E-state index >= 15 is 0 Å². The van der Waals surface area contributed by atoms with Crippen LogP contribution in [0.2, 0.25) is 0 Å². The molecule has 78 valence electrons. The molecule has 0 aliphatic rings. The Kier molecular flexibility index (Phi) is 3.11. The van der Waals surface area contributed by atoms with Crippen molar-refractivity contribution in [2.24, 2.45) is 11.7 Å². The molecule has 0 radical (unpaired) electrons. The van der Waals surface area contributed by atoms with Gasteiger partial charge in [-0.2, -0.15) is 0 Å². The highest BCUT2D eigenvalue weighted by Crippen LogP contribution is 2.30. The smallest absolute Gasteiger partial charge is 0.124 e. The Labute approximate surface area is 83.6 Å². The third kappa shape index (κ3) is 2.04. The Balaban J connectivity index is 3.20. The zero-order valence-electron chi connectivity index (χ0n) is 8.71. The molecule has 0 heterocycles. The van der Waals surface area contributed by atoms with Crippen molar-refractivity contribution in [3.05, 3.63) is 29.1 Å². The van der Waals surface area contributed by atoms with Gasteiger partial charge in [-0.05, 0) is 30.5 Å². The van der Waals surface area contributed by atoms with Crippen molar-refractivity contribution in [1.29, 1.82) is 0 Å². The number of benzene rings is 1. The van der Waals surface area contributed by atoms with E-state index in [9.17, 15) is 9.50 Å². The van der Waals surface area contributed by atoms with E-state index in [2.05, 4.69) is 0 Å². The Morgan fingerprint density at radius 2 is 1.93 bits per heavy atom. The van der Waals surface area contributed by atoms with Gasteiger partial charge in [0.05, 0.1) is 0 Å². The molecule has 0 bridgehead atoms. The fourth-order valence-corrected chi connectivity index (χ4v) is 1.37. The van der Waals surface area contributed by atoms with Crippen LogP contribution in [0.1, 0.15) is 31.0 Å². The summed E-state index contributed by atoms with van der Waals surface area (Å²) >= 11 is 0. The van der Waals surface area contributed by atoms with Gasteiger partial charge in [0, 0.05) is 11.6 Å². The van der Waals surface area contributed by atoms with Crippen molar-refractivity contribution in [2.45, 2.75) is 26.8 Å². The van der Waals surface area contributed by atoms with Crippen LogP contribution in [-0.4, -0.2) is 5.11 Å². The molecule has 1 atom stereocenters. The lowest BCUT2D eigenvalue weighted by Gasteiger charge is -2.18. The normalized spacial score (nSPS) is 13.3. The Hall–Kier alpha value is -1.09. The van der Waals surface area contributed by atoms with Crippen LogP contribution in [0.3, 0.4) is 0 Å². The van der Waals surface area contributed by atoms with Crippen LogP contribution < -0.4 is 5.73 Å². The molecule has 14 heavy (non-hydrogen) atoms. The molecule has 2 nitrogen and oxygen atoms in total. The SMILES string of the molecule is Cc1cc(F)cc([C@H](N)C(C)C)c1O. The summed E-state index contributed by atoms with van der Waals surface area (Å²) in [4.78, 5) is 0. The Morgan fingerprint density at radius 3 is 2.43 bits per heavy atom. The van der Waals surface area contributed by atoms with E-state index in [4.69, 9.17) is 5.73 Å². The summed E-state index contributed by atoms with van der Waals surface area (Å²) in [6.07, 6.45) is 0. The average Bonchev–Trinajstić information content (AvgIpc) is 2.09. The van der Waals surface area contributed by atoms with Gasteiger partial charge in [-0.3, -0.25) is 0 Å². The lowest BCUT2D eigenvalue weighted by molar-refractivity contribution is 0.433. The molecule has 0 aromatic heterocycles. The Bertz CT molecular complexity index is 336. The minimum absolute atomic E-state index is 0.104. The quantitative estimate of drug-likeness (QED) is 0.765. The van der Waals surface area contributed by atoms with E-state index in [0.717, 1.165) is 0 Å². The van der Waals surface area contributed by atoms with Gasteiger partial charge in [-0.1, -0.05) is 13.8 Å². The van der Waals surface area contributed by atoms with Gasteiger partial charge < -0.3 is 10.8 Å². The van der Waals surface area contributed by atoms with Gasteiger partial charge in [0.2, 0.25) is 0 Å². The molecule has 0 unspecified atom stereocenters. The summed E-state index contributed by atoms with van der Waals surface area (Å²) in [5.41, 5.74) is 6.86. The molecule has 0 aliphatic heterocycles. The highest BCUT2D eigenvalue weighted by molar-refractivity contribution is 5.41. The highest BCUT2D eigenvalue weighted by Gasteiger charge is 2.16. The maximum Gasteiger partial charge on any atom is 0.124 e. The third-order valence-electron chi connectivity index (χ3n) is 2.37. The third-order valence-corrected chi connectivity index (χ3v) is 2.37. The number of hydrogen-bond donors (Lipinski definition) is 2. The van der Waals surface area contributed by atoms with E-state index in [1.54, 1.807) is 6.92 Å². The first-order valence-electron chi connectivity index (χ1n) is 4.68. The zero-order valence-corrected chi connectivity index (χ0v) is 8.71. The number of aromatic hydroxyl groups is 1. The topological polar surface area (TPSA) is 46.2 Å². The molecular weight excluding hydrogens is 181 g/mol. The molecule has 0 spiro atoms. The van der Waals surface area contributed by atoms with Gasteiger partial charge in [0.25, 0.3) is 0 Å². The first-order valence-corrected chi connectivity index (χ1v) is 4.68. The molecule has 1 rings (SSSR count). The lowest BCUT2D eigenvalue weighted by atomic mass is 9.94.